The molecule has 1 saturated carbocycles. The summed E-state index contributed by atoms with van der Waals surface area (Å²) >= 11 is 0. The van der Waals surface area contributed by atoms with Crippen LogP contribution in [0.5, 0.6) is 0 Å². The molecule has 2 rings (SSSR count). The SMILES string of the molecule is CNc1nc(C2CCC2C)ncc1C(F)(F)F. The summed E-state index contributed by atoms with van der Waals surface area (Å²) in [7, 11) is 1.44. The summed E-state index contributed by atoms with van der Waals surface area (Å²) < 4.78 is 37.9. The average molecular weight is 245 g/mol. The molecule has 0 amide bonds. The molecule has 1 aliphatic carbocycles. The van der Waals surface area contributed by atoms with Gasteiger partial charge in [0.15, 0.2) is 0 Å². The van der Waals surface area contributed by atoms with Crippen LogP contribution < -0.4 is 5.32 Å². The lowest BCUT2D eigenvalue weighted by Gasteiger charge is -2.32. The molecule has 0 aromatic carbocycles. The number of hydrogen-bond acceptors (Lipinski definition) is 3. The van der Waals surface area contributed by atoms with Crippen LogP contribution in [-0.4, -0.2) is 17.0 Å². The zero-order valence-electron chi connectivity index (χ0n) is 9.67. The monoisotopic (exact) mass is 245 g/mol. The molecule has 0 radical (unpaired) electrons. The number of anilines is 1. The van der Waals surface area contributed by atoms with Gasteiger partial charge in [-0.15, -0.1) is 0 Å². The number of halogens is 3. The van der Waals surface area contributed by atoms with Crippen molar-refractivity contribution >= 4 is 5.82 Å². The fraction of sp³-hybridized carbons (Fsp3) is 0.636. The van der Waals surface area contributed by atoms with Crippen molar-refractivity contribution in [2.24, 2.45) is 5.92 Å². The number of hydrogen-bond donors (Lipinski definition) is 1. The van der Waals surface area contributed by atoms with Crippen LogP contribution in [0.25, 0.3) is 0 Å². The maximum absolute atomic E-state index is 12.6. The van der Waals surface area contributed by atoms with E-state index < -0.39 is 11.7 Å². The van der Waals surface area contributed by atoms with Gasteiger partial charge >= 0.3 is 6.18 Å². The maximum atomic E-state index is 12.6. The lowest BCUT2D eigenvalue weighted by atomic mass is 9.74. The Hall–Kier alpha value is -1.33. The van der Waals surface area contributed by atoms with Gasteiger partial charge in [-0.3, -0.25) is 0 Å². The Balaban J connectivity index is 2.34. The first-order chi connectivity index (χ1) is 7.93. The molecule has 3 nitrogen and oxygen atoms in total. The molecule has 1 N–H and O–H groups in total. The van der Waals surface area contributed by atoms with E-state index in [2.05, 4.69) is 22.2 Å². The van der Waals surface area contributed by atoms with Crippen LogP contribution in [0.15, 0.2) is 6.20 Å². The van der Waals surface area contributed by atoms with Crippen LogP contribution in [0.3, 0.4) is 0 Å². The highest BCUT2D eigenvalue weighted by atomic mass is 19.4. The van der Waals surface area contributed by atoms with E-state index in [0.717, 1.165) is 19.0 Å². The summed E-state index contributed by atoms with van der Waals surface area (Å²) in [5, 5.41) is 2.49. The minimum Gasteiger partial charge on any atom is -0.373 e. The number of rotatable bonds is 2. The molecule has 6 heteroatoms. The van der Waals surface area contributed by atoms with Gasteiger partial charge in [0, 0.05) is 19.2 Å². The predicted octanol–water partition coefficient (Wildman–Crippen LogP) is 3.05. The highest BCUT2D eigenvalue weighted by molar-refractivity contribution is 5.44. The zero-order valence-corrected chi connectivity index (χ0v) is 9.67. The molecule has 0 aliphatic heterocycles. The molecule has 1 aromatic heterocycles. The Bertz CT molecular complexity index is 417. The molecule has 2 atom stereocenters. The third-order valence-corrected chi connectivity index (χ3v) is 3.30. The molecular formula is C11H14F3N3. The Kier molecular flexibility index (Phi) is 2.97. The highest BCUT2D eigenvalue weighted by Gasteiger charge is 2.37. The van der Waals surface area contributed by atoms with Crippen LogP contribution in [0.2, 0.25) is 0 Å². The van der Waals surface area contributed by atoms with Crippen LogP contribution in [-0.2, 0) is 6.18 Å². The number of nitrogens with zero attached hydrogens (tertiary/aromatic N) is 2. The van der Waals surface area contributed by atoms with Crippen LogP contribution in [0.4, 0.5) is 19.0 Å². The third-order valence-electron chi connectivity index (χ3n) is 3.30. The van der Waals surface area contributed by atoms with Crippen molar-refractivity contribution in [2.75, 3.05) is 12.4 Å². The van der Waals surface area contributed by atoms with Crippen LogP contribution in [0.1, 0.15) is 37.1 Å². The van der Waals surface area contributed by atoms with E-state index in [9.17, 15) is 13.2 Å². The van der Waals surface area contributed by atoms with E-state index >= 15 is 0 Å². The first-order valence-corrected chi connectivity index (χ1v) is 5.55. The summed E-state index contributed by atoms with van der Waals surface area (Å²) in [6, 6.07) is 0. The zero-order chi connectivity index (χ0) is 12.6. The highest BCUT2D eigenvalue weighted by Crippen LogP contribution is 2.41. The first kappa shape index (κ1) is 12.1. The van der Waals surface area contributed by atoms with Crippen molar-refractivity contribution in [2.45, 2.75) is 31.9 Å². The molecule has 0 spiro atoms. The summed E-state index contributed by atoms with van der Waals surface area (Å²) in [5.41, 5.74) is -0.810. The minimum absolute atomic E-state index is 0.137. The molecule has 94 valence electrons. The smallest absolute Gasteiger partial charge is 0.373 e. The minimum atomic E-state index is -4.41. The quantitative estimate of drug-likeness (QED) is 0.870. The lowest BCUT2D eigenvalue weighted by Crippen LogP contribution is -2.24. The number of aromatic nitrogens is 2. The Morgan fingerprint density at radius 2 is 2.06 bits per heavy atom. The summed E-state index contributed by atoms with van der Waals surface area (Å²) in [4.78, 5) is 7.84. The fourth-order valence-electron chi connectivity index (χ4n) is 2.02. The normalized spacial score (nSPS) is 24.3. The lowest BCUT2D eigenvalue weighted by molar-refractivity contribution is -0.137. The molecule has 0 bridgehead atoms. The fourth-order valence-corrected chi connectivity index (χ4v) is 2.02. The van der Waals surface area contributed by atoms with E-state index in [1.807, 2.05) is 0 Å². The molecule has 2 unspecified atom stereocenters. The largest absolute Gasteiger partial charge is 0.421 e. The van der Waals surface area contributed by atoms with Gasteiger partial charge in [0.25, 0.3) is 0 Å². The third kappa shape index (κ3) is 2.21. The number of nitrogens with one attached hydrogen (secondary N) is 1. The van der Waals surface area contributed by atoms with Crippen molar-refractivity contribution in [3.8, 4) is 0 Å². The van der Waals surface area contributed by atoms with Gasteiger partial charge in [0.1, 0.15) is 17.2 Å². The van der Waals surface area contributed by atoms with E-state index in [1.165, 1.54) is 7.05 Å². The second kappa shape index (κ2) is 4.16. The van der Waals surface area contributed by atoms with E-state index in [4.69, 9.17) is 0 Å². The van der Waals surface area contributed by atoms with Gasteiger partial charge in [-0.1, -0.05) is 6.92 Å². The standard InChI is InChI=1S/C11H14F3N3/c1-6-3-4-7(6)9-16-5-8(11(12,13)14)10(15-2)17-9/h5-7H,3-4H2,1-2H3,(H,15,16,17). The van der Waals surface area contributed by atoms with Gasteiger partial charge in [-0.2, -0.15) is 13.2 Å². The van der Waals surface area contributed by atoms with E-state index in [0.29, 0.717) is 11.7 Å². The molecule has 17 heavy (non-hydrogen) atoms. The Morgan fingerprint density at radius 3 is 2.47 bits per heavy atom. The van der Waals surface area contributed by atoms with Crippen molar-refractivity contribution in [3.63, 3.8) is 0 Å². The average Bonchev–Trinajstić information content (AvgIpc) is 2.25. The van der Waals surface area contributed by atoms with Gasteiger partial charge in [0.2, 0.25) is 0 Å². The van der Waals surface area contributed by atoms with E-state index in [1.54, 1.807) is 0 Å². The number of alkyl halides is 3. The van der Waals surface area contributed by atoms with E-state index in [-0.39, 0.29) is 11.7 Å². The molecule has 1 aliphatic rings. The Labute approximate surface area is 97.5 Å². The summed E-state index contributed by atoms with van der Waals surface area (Å²) in [5.74, 6) is 1.03. The Morgan fingerprint density at radius 1 is 1.35 bits per heavy atom. The van der Waals surface area contributed by atoms with Crippen LogP contribution >= 0.6 is 0 Å². The predicted molar refractivity (Wildman–Crippen MR) is 57.7 cm³/mol. The molecule has 1 heterocycles. The van der Waals surface area contributed by atoms with Crippen molar-refractivity contribution < 1.29 is 13.2 Å². The van der Waals surface area contributed by atoms with Gasteiger partial charge in [-0.05, 0) is 18.8 Å². The second-order valence-electron chi connectivity index (χ2n) is 4.40. The molecule has 1 fully saturated rings. The van der Waals surface area contributed by atoms with Crippen molar-refractivity contribution in [3.05, 3.63) is 17.6 Å². The summed E-state index contributed by atoms with van der Waals surface area (Å²) in [6.45, 7) is 2.06. The van der Waals surface area contributed by atoms with Gasteiger partial charge in [-0.25, -0.2) is 9.97 Å². The second-order valence-corrected chi connectivity index (χ2v) is 4.40. The van der Waals surface area contributed by atoms with Crippen molar-refractivity contribution in [1.29, 1.82) is 0 Å². The topological polar surface area (TPSA) is 37.8 Å². The molecular weight excluding hydrogens is 231 g/mol. The van der Waals surface area contributed by atoms with Crippen LogP contribution in [0, 0.1) is 5.92 Å². The first-order valence-electron chi connectivity index (χ1n) is 5.55. The summed E-state index contributed by atoms with van der Waals surface area (Å²) in [6.07, 6.45) is -1.50. The maximum Gasteiger partial charge on any atom is 0.421 e. The van der Waals surface area contributed by atoms with Gasteiger partial charge in [0.05, 0.1) is 0 Å². The van der Waals surface area contributed by atoms with Crippen molar-refractivity contribution in [1.82, 2.24) is 9.97 Å². The van der Waals surface area contributed by atoms with Gasteiger partial charge < -0.3 is 5.32 Å². The molecule has 0 saturated heterocycles. The molecule has 1 aromatic rings.